The van der Waals surface area contributed by atoms with Crippen LogP contribution in [0.2, 0.25) is 0 Å². The average Bonchev–Trinajstić information content (AvgIpc) is 2.36. The van der Waals surface area contributed by atoms with E-state index in [1.165, 1.54) is 11.9 Å². The zero-order chi connectivity index (χ0) is 14.9. The second-order valence-electron chi connectivity index (χ2n) is 4.17. The number of aromatic nitrogens is 1. The summed E-state index contributed by atoms with van der Waals surface area (Å²) in [4.78, 5) is 27.6. The fraction of sp³-hybridized carbons (Fsp3) is 0.364. The maximum atomic E-state index is 12.8. The van der Waals surface area contributed by atoms with Crippen molar-refractivity contribution in [2.24, 2.45) is 0 Å². The van der Waals surface area contributed by atoms with Crippen LogP contribution in [0.1, 0.15) is 5.56 Å². The smallest absolute Gasteiger partial charge is 0.373 e. The van der Waals surface area contributed by atoms with Crippen molar-refractivity contribution in [3.63, 3.8) is 0 Å². The Balaban J connectivity index is 2.40. The fourth-order valence-electron chi connectivity index (χ4n) is 1.77. The molecule has 0 aliphatic carbocycles. The van der Waals surface area contributed by atoms with Crippen LogP contribution < -0.4 is 15.5 Å². The van der Waals surface area contributed by atoms with E-state index in [2.05, 4.69) is 15.6 Å². The Hall–Kier alpha value is -2.32. The maximum Gasteiger partial charge on any atom is 0.416 e. The van der Waals surface area contributed by atoms with Crippen LogP contribution in [0.3, 0.4) is 0 Å². The molecule has 2 N–H and O–H groups in total. The van der Waals surface area contributed by atoms with Crippen molar-refractivity contribution in [1.82, 2.24) is 10.3 Å². The van der Waals surface area contributed by atoms with Crippen LogP contribution in [-0.4, -0.2) is 36.9 Å². The summed E-state index contributed by atoms with van der Waals surface area (Å²) in [5, 5.41) is 4.59. The second-order valence-corrected chi connectivity index (χ2v) is 4.17. The van der Waals surface area contributed by atoms with Gasteiger partial charge in [-0.15, -0.1) is 0 Å². The van der Waals surface area contributed by atoms with E-state index in [4.69, 9.17) is 0 Å². The predicted octanol–water partition coefficient (Wildman–Crippen LogP) is 0.605. The number of rotatable bonds is 2. The SMILES string of the molecule is CNc1cc(C(F)(F)F)cc(N2CC(=O)NC(=O)C2)n1. The normalized spacial score (nSPS) is 16.1. The minimum absolute atomic E-state index is 0.00764. The minimum atomic E-state index is -4.54. The van der Waals surface area contributed by atoms with Gasteiger partial charge in [0.05, 0.1) is 18.7 Å². The third kappa shape index (κ3) is 2.98. The molecule has 20 heavy (non-hydrogen) atoms. The number of anilines is 2. The number of piperazine rings is 1. The van der Waals surface area contributed by atoms with E-state index in [1.807, 2.05) is 0 Å². The van der Waals surface area contributed by atoms with Gasteiger partial charge in [0.25, 0.3) is 0 Å². The summed E-state index contributed by atoms with van der Waals surface area (Å²) in [7, 11) is 1.43. The third-order valence-corrected chi connectivity index (χ3v) is 2.67. The van der Waals surface area contributed by atoms with E-state index >= 15 is 0 Å². The molecule has 1 aromatic heterocycles. The van der Waals surface area contributed by atoms with Crippen LogP contribution in [-0.2, 0) is 15.8 Å². The van der Waals surface area contributed by atoms with E-state index in [1.54, 1.807) is 0 Å². The topological polar surface area (TPSA) is 74.3 Å². The van der Waals surface area contributed by atoms with Gasteiger partial charge in [-0.1, -0.05) is 0 Å². The first-order valence-electron chi connectivity index (χ1n) is 5.64. The standard InChI is InChI=1S/C11H11F3N4O2/c1-15-7-2-6(11(12,13)14)3-8(16-7)18-4-9(19)17-10(20)5-18/h2-3H,4-5H2,1H3,(H,15,16)(H,17,19,20). The molecule has 0 unspecified atom stereocenters. The van der Waals surface area contributed by atoms with Crippen molar-refractivity contribution in [3.8, 4) is 0 Å². The summed E-state index contributed by atoms with van der Waals surface area (Å²) in [6, 6.07) is 1.67. The Bertz CT molecular complexity index is 543. The van der Waals surface area contributed by atoms with E-state index < -0.39 is 23.6 Å². The van der Waals surface area contributed by atoms with E-state index in [0.29, 0.717) is 0 Å². The van der Waals surface area contributed by atoms with Crippen molar-refractivity contribution in [2.75, 3.05) is 30.4 Å². The van der Waals surface area contributed by atoms with Gasteiger partial charge in [0.15, 0.2) is 0 Å². The molecule has 1 aliphatic heterocycles. The Kier molecular flexibility index (Phi) is 3.51. The number of nitrogens with zero attached hydrogens (tertiary/aromatic N) is 2. The molecule has 0 spiro atoms. The first kappa shape index (κ1) is 14.1. The molecule has 1 saturated heterocycles. The molecule has 0 aromatic carbocycles. The summed E-state index contributed by atoms with van der Waals surface area (Å²) in [6.07, 6.45) is -4.54. The number of nitrogens with one attached hydrogen (secondary N) is 2. The third-order valence-electron chi connectivity index (χ3n) is 2.67. The van der Waals surface area contributed by atoms with Crippen LogP contribution >= 0.6 is 0 Å². The van der Waals surface area contributed by atoms with Crippen molar-refractivity contribution < 1.29 is 22.8 Å². The molecule has 0 saturated carbocycles. The molecule has 2 amide bonds. The van der Waals surface area contributed by atoms with Gasteiger partial charge in [-0.3, -0.25) is 14.9 Å². The van der Waals surface area contributed by atoms with Gasteiger partial charge in [0, 0.05) is 7.05 Å². The fourth-order valence-corrected chi connectivity index (χ4v) is 1.77. The zero-order valence-corrected chi connectivity index (χ0v) is 10.4. The molecule has 9 heteroatoms. The highest BCUT2D eigenvalue weighted by Crippen LogP contribution is 2.32. The van der Waals surface area contributed by atoms with Crippen molar-refractivity contribution in [2.45, 2.75) is 6.18 Å². The van der Waals surface area contributed by atoms with Crippen LogP contribution in [0.5, 0.6) is 0 Å². The van der Waals surface area contributed by atoms with E-state index in [9.17, 15) is 22.8 Å². The molecule has 1 aliphatic rings. The van der Waals surface area contributed by atoms with E-state index in [-0.39, 0.29) is 24.7 Å². The number of pyridine rings is 1. The molecule has 2 heterocycles. The Morgan fingerprint density at radius 3 is 2.35 bits per heavy atom. The van der Waals surface area contributed by atoms with Gasteiger partial charge in [0.2, 0.25) is 11.8 Å². The minimum Gasteiger partial charge on any atom is -0.373 e. The molecule has 2 rings (SSSR count). The molecule has 0 radical (unpaired) electrons. The van der Waals surface area contributed by atoms with Gasteiger partial charge >= 0.3 is 6.18 Å². The van der Waals surface area contributed by atoms with Crippen LogP contribution in [0.4, 0.5) is 24.8 Å². The van der Waals surface area contributed by atoms with E-state index in [0.717, 1.165) is 12.1 Å². The number of hydrogen-bond acceptors (Lipinski definition) is 5. The van der Waals surface area contributed by atoms with Crippen molar-refractivity contribution >= 4 is 23.5 Å². The Morgan fingerprint density at radius 2 is 1.85 bits per heavy atom. The lowest BCUT2D eigenvalue weighted by Crippen LogP contribution is -2.51. The molecule has 6 nitrogen and oxygen atoms in total. The number of carbonyl (C=O) groups excluding carboxylic acids is 2. The average molecular weight is 288 g/mol. The number of halogens is 3. The molecule has 0 atom stereocenters. The van der Waals surface area contributed by atoms with Crippen LogP contribution in [0, 0.1) is 0 Å². The lowest BCUT2D eigenvalue weighted by Gasteiger charge is -2.27. The Morgan fingerprint density at radius 1 is 1.25 bits per heavy atom. The molecule has 1 fully saturated rings. The molecular weight excluding hydrogens is 277 g/mol. The molecule has 1 aromatic rings. The van der Waals surface area contributed by atoms with Crippen LogP contribution in [0.25, 0.3) is 0 Å². The lowest BCUT2D eigenvalue weighted by atomic mass is 10.2. The Labute approximate surface area is 112 Å². The lowest BCUT2D eigenvalue weighted by molar-refractivity contribution is -0.137. The summed E-state index contributed by atoms with van der Waals surface area (Å²) in [5.74, 6) is -1.22. The maximum absolute atomic E-state index is 12.8. The predicted molar refractivity (Wildman–Crippen MR) is 64.1 cm³/mol. The first-order chi connectivity index (χ1) is 9.29. The zero-order valence-electron chi connectivity index (χ0n) is 10.4. The summed E-state index contributed by atoms with van der Waals surface area (Å²) >= 11 is 0. The quantitative estimate of drug-likeness (QED) is 0.780. The molecule has 0 bridgehead atoms. The highest BCUT2D eigenvalue weighted by atomic mass is 19.4. The number of carbonyl (C=O) groups is 2. The van der Waals surface area contributed by atoms with Crippen molar-refractivity contribution in [1.29, 1.82) is 0 Å². The van der Waals surface area contributed by atoms with Crippen molar-refractivity contribution in [3.05, 3.63) is 17.7 Å². The number of hydrogen-bond donors (Lipinski definition) is 2. The number of alkyl halides is 3. The van der Waals surface area contributed by atoms with Crippen LogP contribution in [0.15, 0.2) is 12.1 Å². The van der Waals surface area contributed by atoms with Gasteiger partial charge in [0.1, 0.15) is 11.6 Å². The van der Waals surface area contributed by atoms with Gasteiger partial charge < -0.3 is 10.2 Å². The molecule has 108 valence electrons. The number of amides is 2. The molecular formula is C11H11F3N4O2. The van der Waals surface area contributed by atoms with Gasteiger partial charge in [-0.2, -0.15) is 13.2 Å². The highest BCUT2D eigenvalue weighted by Gasteiger charge is 2.33. The monoisotopic (exact) mass is 288 g/mol. The number of imide groups is 1. The highest BCUT2D eigenvalue weighted by molar-refractivity contribution is 6.02. The summed E-state index contributed by atoms with van der Waals surface area (Å²) in [6.45, 7) is -0.438. The largest absolute Gasteiger partial charge is 0.416 e. The van der Waals surface area contributed by atoms with Gasteiger partial charge in [-0.05, 0) is 12.1 Å². The summed E-state index contributed by atoms with van der Waals surface area (Å²) < 4.78 is 38.4. The van der Waals surface area contributed by atoms with Gasteiger partial charge in [-0.25, -0.2) is 4.98 Å². The first-order valence-corrected chi connectivity index (χ1v) is 5.64. The summed E-state index contributed by atoms with van der Waals surface area (Å²) in [5.41, 5.74) is -0.898. The second kappa shape index (κ2) is 4.99.